The van der Waals surface area contributed by atoms with Crippen LogP contribution in [0.1, 0.15) is 37.5 Å². The number of hydrogen-bond donors (Lipinski definition) is 1. The van der Waals surface area contributed by atoms with Crippen LogP contribution in [0.25, 0.3) is 0 Å². The first kappa shape index (κ1) is 27.1. The van der Waals surface area contributed by atoms with Crippen LogP contribution >= 0.6 is 69.2 Å². The maximum absolute atomic E-state index is 13.7. The lowest BCUT2D eigenvalue weighted by Crippen LogP contribution is -2.31. The number of carbonyl (C=O) groups excluding carboxylic acids is 2. The number of benzene rings is 2. The van der Waals surface area contributed by atoms with Gasteiger partial charge in [0.25, 0.3) is 5.91 Å². The molecule has 13 heteroatoms. The molecule has 1 N–H and O–H groups in total. The predicted octanol–water partition coefficient (Wildman–Crippen LogP) is 7.65. The Bertz CT molecular complexity index is 1620. The van der Waals surface area contributed by atoms with Gasteiger partial charge < -0.3 is 5.11 Å². The lowest BCUT2D eigenvalue weighted by Gasteiger charge is -2.24. The summed E-state index contributed by atoms with van der Waals surface area (Å²) in [6.45, 7) is 3.51. The molecule has 0 radical (unpaired) electrons. The van der Waals surface area contributed by atoms with E-state index >= 15 is 0 Å². The molecule has 194 valence electrons. The van der Waals surface area contributed by atoms with Crippen molar-refractivity contribution in [1.29, 1.82) is 0 Å². The van der Waals surface area contributed by atoms with E-state index in [4.69, 9.17) is 34.8 Å². The molecule has 0 spiro atoms. The van der Waals surface area contributed by atoms with Crippen LogP contribution in [0.5, 0.6) is 0 Å². The number of aliphatic hydroxyl groups excluding tert-OH is 1. The highest BCUT2D eigenvalue weighted by atomic mass is 35.5. The first-order valence-electron chi connectivity index (χ1n) is 11.1. The smallest absolute Gasteiger partial charge is 0.296 e. The minimum Gasteiger partial charge on any atom is -0.503 e. The van der Waals surface area contributed by atoms with Gasteiger partial charge in [0.1, 0.15) is 0 Å². The van der Waals surface area contributed by atoms with Gasteiger partial charge in [-0.2, -0.15) is 0 Å². The van der Waals surface area contributed by atoms with E-state index < -0.39 is 23.5 Å². The van der Waals surface area contributed by atoms with Gasteiger partial charge in [0, 0.05) is 20.8 Å². The van der Waals surface area contributed by atoms with Crippen LogP contribution in [0.3, 0.4) is 0 Å². The molecule has 0 saturated heterocycles. The third-order valence-electron chi connectivity index (χ3n) is 5.73. The second-order valence-electron chi connectivity index (χ2n) is 8.21. The molecule has 38 heavy (non-hydrogen) atoms. The number of carbonyl (C=O) groups is 2. The molecule has 0 bridgehead atoms. The minimum atomic E-state index is -0.998. The molecule has 1 amide bonds. The number of aromatic nitrogens is 3. The SMILES string of the molecule is Cc1nc(C)c(C(=O)C2=C(O)C(=O)N(c3nnc(SCc4ccc(Cl)cc4Cl)s3)C2c2ccccc2Cl)s1. The van der Waals surface area contributed by atoms with Crippen molar-refractivity contribution in [3.63, 3.8) is 0 Å². The normalized spacial score (nSPS) is 15.6. The summed E-state index contributed by atoms with van der Waals surface area (Å²) in [7, 11) is 0. The zero-order valence-corrected chi connectivity index (χ0v) is 24.5. The van der Waals surface area contributed by atoms with Crippen molar-refractivity contribution in [1.82, 2.24) is 15.2 Å². The van der Waals surface area contributed by atoms with Gasteiger partial charge in [-0.25, -0.2) is 4.98 Å². The zero-order valence-electron chi connectivity index (χ0n) is 19.7. The van der Waals surface area contributed by atoms with Gasteiger partial charge in [0.05, 0.1) is 27.2 Å². The Balaban J connectivity index is 1.51. The number of amides is 1. The number of rotatable bonds is 7. The van der Waals surface area contributed by atoms with E-state index in [1.807, 2.05) is 6.07 Å². The van der Waals surface area contributed by atoms with Crippen molar-refractivity contribution >= 4 is 86.1 Å². The summed E-state index contributed by atoms with van der Waals surface area (Å²) in [5.41, 5.74) is 1.79. The number of aliphatic hydroxyl groups is 1. The fourth-order valence-corrected chi connectivity index (χ4v) is 7.57. The van der Waals surface area contributed by atoms with Gasteiger partial charge in [0.15, 0.2) is 10.1 Å². The van der Waals surface area contributed by atoms with E-state index in [9.17, 15) is 14.7 Å². The number of halogens is 3. The Morgan fingerprint density at radius 3 is 2.53 bits per heavy atom. The van der Waals surface area contributed by atoms with Crippen LogP contribution in [0.4, 0.5) is 5.13 Å². The average Bonchev–Trinajstić information content (AvgIpc) is 3.54. The Morgan fingerprint density at radius 2 is 1.84 bits per heavy atom. The van der Waals surface area contributed by atoms with Crippen LogP contribution in [-0.4, -0.2) is 32.0 Å². The number of nitrogens with zero attached hydrogens (tertiary/aromatic N) is 4. The summed E-state index contributed by atoms with van der Waals surface area (Å²) in [5, 5.41) is 21.8. The Kier molecular flexibility index (Phi) is 7.82. The highest BCUT2D eigenvalue weighted by molar-refractivity contribution is 8.00. The maximum Gasteiger partial charge on any atom is 0.296 e. The molecule has 2 aromatic carbocycles. The molecule has 0 saturated carbocycles. The number of Topliss-reactive ketones (excluding diaryl/α,β-unsaturated/α-hetero) is 1. The standard InChI is InChI=1S/C25H17Cl3N4O3S3/c1-11-22(37-12(2)29-11)20(33)18-19(15-5-3-4-6-16(15)27)32(23(35)21(18)34)24-30-31-25(38-24)36-10-13-7-8-14(26)9-17(13)28/h3-9,19,34H,10H2,1-2H3. The number of aryl methyl sites for hydroxylation is 2. The summed E-state index contributed by atoms with van der Waals surface area (Å²) < 4.78 is 0.574. The van der Waals surface area contributed by atoms with Crippen LogP contribution in [-0.2, 0) is 10.5 Å². The van der Waals surface area contributed by atoms with Crippen LogP contribution in [0.2, 0.25) is 15.1 Å². The molecule has 0 fully saturated rings. The quantitative estimate of drug-likeness (QED) is 0.128. The fraction of sp³-hybridized carbons (Fsp3) is 0.160. The summed E-state index contributed by atoms with van der Waals surface area (Å²) in [5.74, 6) is -1.39. The van der Waals surface area contributed by atoms with E-state index in [-0.39, 0.29) is 10.7 Å². The fourth-order valence-electron chi connectivity index (χ4n) is 4.03. The third-order valence-corrected chi connectivity index (χ3v) is 9.84. The number of thiazole rings is 1. The topological polar surface area (TPSA) is 96.3 Å². The van der Waals surface area contributed by atoms with Gasteiger partial charge in [-0.1, -0.05) is 82.2 Å². The van der Waals surface area contributed by atoms with E-state index in [0.717, 1.165) is 16.9 Å². The Morgan fingerprint density at radius 1 is 1.08 bits per heavy atom. The summed E-state index contributed by atoms with van der Waals surface area (Å²) in [6.07, 6.45) is 0. The predicted molar refractivity (Wildman–Crippen MR) is 153 cm³/mol. The maximum atomic E-state index is 13.7. The van der Waals surface area contributed by atoms with Crippen LogP contribution in [0.15, 0.2) is 58.1 Å². The van der Waals surface area contributed by atoms with Gasteiger partial charge in [-0.05, 0) is 43.2 Å². The molecule has 1 aliphatic rings. The van der Waals surface area contributed by atoms with Crippen molar-refractivity contribution in [3.05, 3.63) is 95.6 Å². The van der Waals surface area contributed by atoms with E-state index in [2.05, 4.69) is 15.2 Å². The highest BCUT2D eigenvalue weighted by Crippen LogP contribution is 2.46. The molecular weight excluding hydrogens is 607 g/mol. The number of ketones is 1. The monoisotopic (exact) mass is 622 g/mol. The number of hydrogen-bond acceptors (Lipinski definition) is 9. The third kappa shape index (κ3) is 5.09. The second kappa shape index (κ2) is 11.0. The van der Waals surface area contributed by atoms with Crippen molar-refractivity contribution in [3.8, 4) is 0 Å². The number of anilines is 1. The molecule has 4 aromatic rings. The lowest BCUT2D eigenvalue weighted by atomic mass is 9.95. The zero-order chi connectivity index (χ0) is 27.1. The molecule has 3 heterocycles. The molecular formula is C25H17Cl3N4O3S3. The first-order chi connectivity index (χ1) is 18.2. The average molecular weight is 624 g/mol. The van der Waals surface area contributed by atoms with Crippen molar-refractivity contribution in [2.24, 2.45) is 0 Å². The summed E-state index contributed by atoms with van der Waals surface area (Å²) in [6, 6.07) is 11.1. The van der Waals surface area contributed by atoms with Gasteiger partial charge >= 0.3 is 0 Å². The Hall–Kier alpha value is -2.47. The Labute approximate surface area is 245 Å². The molecule has 0 aliphatic carbocycles. The molecule has 1 atom stereocenters. The van der Waals surface area contributed by atoms with Crippen LogP contribution < -0.4 is 4.90 Å². The summed E-state index contributed by atoms with van der Waals surface area (Å²) >= 11 is 22.6. The first-order valence-corrected chi connectivity index (χ1v) is 14.8. The molecule has 7 nitrogen and oxygen atoms in total. The van der Waals surface area contributed by atoms with Gasteiger partial charge in [0.2, 0.25) is 10.9 Å². The largest absolute Gasteiger partial charge is 0.503 e. The van der Waals surface area contributed by atoms with E-state index in [1.54, 1.807) is 50.2 Å². The minimum absolute atomic E-state index is 0.0767. The molecule has 2 aromatic heterocycles. The van der Waals surface area contributed by atoms with Crippen LogP contribution in [0, 0.1) is 13.8 Å². The number of thioether (sulfide) groups is 1. The van der Waals surface area contributed by atoms with Crippen molar-refractivity contribution in [2.75, 3.05) is 4.90 Å². The lowest BCUT2D eigenvalue weighted by molar-refractivity contribution is -0.117. The second-order valence-corrected chi connectivity index (χ2v) is 12.8. The van der Waals surface area contributed by atoms with Gasteiger partial charge in [-0.15, -0.1) is 21.5 Å². The van der Waals surface area contributed by atoms with Gasteiger partial charge in [-0.3, -0.25) is 14.5 Å². The summed E-state index contributed by atoms with van der Waals surface area (Å²) in [4.78, 5) is 33.1. The highest BCUT2D eigenvalue weighted by Gasteiger charge is 2.47. The van der Waals surface area contributed by atoms with E-state index in [0.29, 0.717) is 46.3 Å². The molecule has 1 aliphatic heterocycles. The van der Waals surface area contributed by atoms with Crippen molar-refractivity contribution < 1.29 is 14.7 Å². The molecule has 1 unspecified atom stereocenters. The van der Waals surface area contributed by atoms with Crippen molar-refractivity contribution in [2.45, 2.75) is 30.0 Å². The molecule has 5 rings (SSSR count). The van der Waals surface area contributed by atoms with E-state index in [1.165, 1.54) is 28.0 Å².